The summed E-state index contributed by atoms with van der Waals surface area (Å²) in [4.78, 5) is 21.0. The molecular weight excluding hydrogens is 449 g/mol. The number of nitrogens with one attached hydrogen (secondary N) is 2. The minimum absolute atomic E-state index is 0.0350. The Kier molecular flexibility index (Phi) is 4.77. The molecule has 0 unspecified atom stereocenters. The highest BCUT2D eigenvalue weighted by Crippen LogP contribution is 2.35. The van der Waals surface area contributed by atoms with Crippen LogP contribution in [-0.4, -0.2) is 44.4 Å². The number of carbonyl (C=O) groups excluding carboxylic acids is 1. The van der Waals surface area contributed by atoms with Gasteiger partial charge in [-0.3, -0.25) is 4.79 Å². The topological polar surface area (TPSA) is 93.4 Å². The first-order valence-corrected chi connectivity index (χ1v) is 9.92. The van der Waals surface area contributed by atoms with Crippen molar-refractivity contribution in [1.82, 2.24) is 24.9 Å². The fraction of sp³-hybridized carbons (Fsp3) is 0.200. The van der Waals surface area contributed by atoms with Crippen molar-refractivity contribution in [2.45, 2.75) is 18.8 Å². The number of carbonyl (C=O) groups is 1. The molecule has 1 amide bonds. The minimum atomic E-state index is -4.90. The summed E-state index contributed by atoms with van der Waals surface area (Å²) in [5, 5.41) is 11.0. The number of amides is 1. The van der Waals surface area contributed by atoms with E-state index in [0.29, 0.717) is 29.5 Å². The summed E-state index contributed by atoms with van der Waals surface area (Å²) in [6.07, 6.45) is -4.35. The fourth-order valence-corrected chi connectivity index (χ4v) is 3.71. The fourth-order valence-electron chi connectivity index (χ4n) is 3.54. The van der Waals surface area contributed by atoms with Gasteiger partial charge in [0.15, 0.2) is 11.5 Å². The molecule has 164 valence electrons. The molecular formula is C20H14ClF3N6O2. The quantitative estimate of drug-likeness (QED) is 0.479. The highest BCUT2D eigenvalue weighted by molar-refractivity contribution is 6.30. The van der Waals surface area contributed by atoms with Crippen LogP contribution in [0.4, 0.5) is 19.1 Å². The second-order valence-electron chi connectivity index (χ2n) is 7.09. The first kappa shape index (κ1) is 20.3. The number of aromatic nitrogens is 4. The molecule has 3 heterocycles. The lowest BCUT2D eigenvalue weighted by Crippen LogP contribution is -2.30. The van der Waals surface area contributed by atoms with Crippen molar-refractivity contribution in [3.8, 4) is 17.1 Å². The highest BCUT2D eigenvalue weighted by atomic mass is 35.5. The van der Waals surface area contributed by atoms with E-state index < -0.39 is 18.2 Å². The van der Waals surface area contributed by atoms with Crippen LogP contribution in [0.1, 0.15) is 6.42 Å². The zero-order valence-electron chi connectivity index (χ0n) is 16.2. The van der Waals surface area contributed by atoms with Gasteiger partial charge >= 0.3 is 6.36 Å². The number of para-hydroxylation sites is 1. The molecule has 0 radical (unpaired) electrons. The van der Waals surface area contributed by atoms with Gasteiger partial charge in [-0.05, 0) is 36.8 Å². The Hall–Kier alpha value is -3.60. The molecule has 4 aromatic rings. The Morgan fingerprint density at radius 3 is 2.75 bits per heavy atom. The van der Waals surface area contributed by atoms with E-state index in [-0.39, 0.29) is 28.3 Å². The van der Waals surface area contributed by atoms with Crippen LogP contribution in [0.3, 0.4) is 0 Å². The molecule has 1 aliphatic rings. The van der Waals surface area contributed by atoms with Crippen molar-refractivity contribution in [3.63, 3.8) is 0 Å². The maximum absolute atomic E-state index is 12.9. The average molecular weight is 463 g/mol. The van der Waals surface area contributed by atoms with Gasteiger partial charge in [-0.25, -0.2) is 9.97 Å². The number of rotatable bonds is 4. The summed E-state index contributed by atoms with van der Waals surface area (Å²) in [5.41, 5.74) is 0.898. The molecule has 32 heavy (non-hydrogen) atoms. The van der Waals surface area contributed by atoms with E-state index in [1.807, 2.05) is 0 Å². The second-order valence-corrected chi connectivity index (χ2v) is 7.52. The molecule has 0 bridgehead atoms. The van der Waals surface area contributed by atoms with Crippen LogP contribution in [0.15, 0.2) is 42.5 Å². The van der Waals surface area contributed by atoms with Crippen molar-refractivity contribution >= 4 is 40.0 Å². The van der Waals surface area contributed by atoms with Crippen LogP contribution < -0.4 is 15.4 Å². The van der Waals surface area contributed by atoms with Crippen LogP contribution in [0.5, 0.6) is 5.75 Å². The van der Waals surface area contributed by atoms with E-state index >= 15 is 0 Å². The lowest BCUT2D eigenvalue weighted by Gasteiger charge is -2.12. The maximum Gasteiger partial charge on any atom is 0.573 e. The predicted octanol–water partition coefficient (Wildman–Crippen LogP) is 3.80. The minimum Gasteiger partial charge on any atom is -0.405 e. The summed E-state index contributed by atoms with van der Waals surface area (Å²) in [6.45, 7) is 0.524. The smallest absolute Gasteiger partial charge is 0.405 e. The van der Waals surface area contributed by atoms with Crippen LogP contribution in [0, 0.1) is 0 Å². The van der Waals surface area contributed by atoms with E-state index in [0.717, 1.165) is 6.07 Å². The van der Waals surface area contributed by atoms with Crippen molar-refractivity contribution in [1.29, 1.82) is 0 Å². The molecule has 0 spiro atoms. The van der Waals surface area contributed by atoms with E-state index in [1.165, 1.54) is 16.6 Å². The van der Waals surface area contributed by atoms with Crippen molar-refractivity contribution in [2.24, 2.45) is 0 Å². The van der Waals surface area contributed by atoms with Crippen LogP contribution in [0.2, 0.25) is 5.02 Å². The van der Waals surface area contributed by atoms with Crippen LogP contribution in [0.25, 0.3) is 27.9 Å². The van der Waals surface area contributed by atoms with Crippen molar-refractivity contribution in [2.75, 3.05) is 11.9 Å². The monoisotopic (exact) mass is 462 g/mol. The molecule has 1 saturated heterocycles. The van der Waals surface area contributed by atoms with Gasteiger partial charge in [0.2, 0.25) is 11.9 Å². The molecule has 2 N–H and O–H groups in total. The largest absolute Gasteiger partial charge is 0.573 e. The summed E-state index contributed by atoms with van der Waals surface area (Å²) in [7, 11) is 0. The molecule has 8 nitrogen and oxygen atoms in total. The summed E-state index contributed by atoms with van der Waals surface area (Å²) in [6, 6.07) is 10.3. The standard InChI is InChI=1S/C20H14ClF3N6O2/c21-10-5-6-15(32-20(22,23)24)12(9-10)16-28-17-11-3-1-2-4-13(11)26-19(30(17)29-16)27-14-7-8-25-18(14)31/h1-6,9,14H,7-8H2,(H,25,31)(H,26,27)/t14-/m1/s1. The normalized spacial score (nSPS) is 16.5. The molecule has 5 rings (SSSR count). The van der Waals surface area contributed by atoms with Gasteiger partial charge in [0, 0.05) is 17.0 Å². The third-order valence-electron chi connectivity index (χ3n) is 4.94. The molecule has 2 aromatic heterocycles. The third-order valence-corrected chi connectivity index (χ3v) is 5.17. The van der Waals surface area contributed by atoms with Gasteiger partial charge in [-0.1, -0.05) is 23.7 Å². The first-order chi connectivity index (χ1) is 15.3. The number of ether oxygens (including phenoxy) is 1. The molecule has 12 heteroatoms. The SMILES string of the molecule is O=C1NCC[C@H]1Nc1nc2ccccc2c2nc(-c3cc(Cl)ccc3OC(F)(F)F)nn12. The highest BCUT2D eigenvalue weighted by Gasteiger charge is 2.33. The lowest BCUT2D eigenvalue weighted by atomic mass is 10.2. The van der Waals surface area contributed by atoms with Gasteiger partial charge in [-0.2, -0.15) is 4.52 Å². The Balaban J connectivity index is 1.70. The Morgan fingerprint density at radius 1 is 1.19 bits per heavy atom. The zero-order chi connectivity index (χ0) is 22.5. The summed E-state index contributed by atoms with van der Waals surface area (Å²) in [5.74, 6) is -0.465. The van der Waals surface area contributed by atoms with Gasteiger partial charge < -0.3 is 15.4 Å². The van der Waals surface area contributed by atoms with Crippen LogP contribution in [-0.2, 0) is 4.79 Å². The number of hydrogen-bond donors (Lipinski definition) is 2. The van der Waals surface area contributed by atoms with Crippen molar-refractivity contribution in [3.05, 3.63) is 47.5 Å². The third kappa shape index (κ3) is 3.75. The number of hydrogen-bond acceptors (Lipinski definition) is 6. The molecule has 1 aliphatic heterocycles. The molecule has 1 fully saturated rings. The van der Waals surface area contributed by atoms with Crippen LogP contribution >= 0.6 is 11.6 Å². The predicted molar refractivity (Wildman–Crippen MR) is 110 cm³/mol. The number of alkyl halides is 3. The van der Waals surface area contributed by atoms with Gasteiger partial charge in [-0.15, -0.1) is 18.3 Å². The van der Waals surface area contributed by atoms with Gasteiger partial charge in [0.25, 0.3) is 0 Å². The number of fused-ring (bicyclic) bond motifs is 3. The zero-order valence-corrected chi connectivity index (χ0v) is 16.9. The van der Waals surface area contributed by atoms with E-state index in [4.69, 9.17) is 11.6 Å². The Morgan fingerprint density at radius 2 is 2.00 bits per heavy atom. The first-order valence-electron chi connectivity index (χ1n) is 9.54. The summed E-state index contributed by atoms with van der Waals surface area (Å²) >= 11 is 6.02. The van der Waals surface area contributed by atoms with E-state index in [1.54, 1.807) is 24.3 Å². The molecule has 0 saturated carbocycles. The number of nitrogens with zero attached hydrogens (tertiary/aromatic N) is 4. The maximum atomic E-state index is 12.9. The van der Waals surface area contributed by atoms with Crippen molar-refractivity contribution < 1.29 is 22.7 Å². The average Bonchev–Trinajstić information content (AvgIpc) is 3.35. The number of benzene rings is 2. The molecule has 0 aliphatic carbocycles. The second kappa shape index (κ2) is 7.52. The summed E-state index contributed by atoms with van der Waals surface area (Å²) < 4.78 is 44.3. The Bertz CT molecular complexity index is 1360. The van der Waals surface area contributed by atoms with Gasteiger partial charge in [0.05, 0.1) is 11.1 Å². The van der Waals surface area contributed by atoms with Gasteiger partial charge in [0.1, 0.15) is 11.8 Å². The lowest BCUT2D eigenvalue weighted by molar-refractivity contribution is -0.274. The number of anilines is 1. The van der Waals surface area contributed by atoms with E-state index in [2.05, 4.69) is 30.4 Å². The Labute approximate surface area is 183 Å². The number of halogens is 4. The van der Waals surface area contributed by atoms with E-state index in [9.17, 15) is 18.0 Å². The molecule has 2 aromatic carbocycles. The molecule has 1 atom stereocenters.